The number of alkyl halides is 3. The highest BCUT2D eigenvalue weighted by Gasteiger charge is 2.58. The number of hydrogen-bond donors (Lipinski definition) is 2. The number of aromatic nitrogens is 2. The summed E-state index contributed by atoms with van der Waals surface area (Å²) in [5, 5.41) is 12.0. The third-order valence-electron chi connectivity index (χ3n) is 5.94. The monoisotopic (exact) mass is 471 g/mol. The second kappa shape index (κ2) is 8.17. The molecule has 1 fully saturated rings. The minimum atomic E-state index is -4.58. The molecule has 2 N–H and O–H groups in total. The van der Waals surface area contributed by atoms with Gasteiger partial charge in [-0.05, 0) is 36.8 Å². The van der Waals surface area contributed by atoms with Crippen molar-refractivity contribution in [2.24, 2.45) is 0 Å². The summed E-state index contributed by atoms with van der Waals surface area (Å²) in [6, 6.07) is 13.2. The molecule has 1 aromatic heterocycles. The van der Waals surface area contributed by atoms with Gasteiger partial charge in [0.15, 0.2) is 0 Å². The first-order chi connectivity index (χ1) is 16.3. The van der Waals surface area contributed by atoms with Gasteiger partial charge in [0.05, 0.1) is 13.0 Å². The van der Waals surface area contributed by atoms with E-state index in [4.69, 9.17) is 9.15 Å². The number of benzene rings is 2. The topological polar surface area (TPSA) is 92.5 Å². The third kappa shape index (κ3) is 3.67. The minimum Gasteiger partial charge on any atom is -0.497 e. The Labute approximate surface area is 192 Å². The first-order valence-electron chi connectivity index (χ1n) is 10.4. The zero-order valence-corrected chi connectivity index (χ0v) is 18.1. The molecule has 0 aliphatic carbocycles. The van der Waals surface area contributed by atoms with E-state index in [1.165, 1.54) is 0 Å². The van der Waals surface area contributed by atoms with Crippen molar-refractivity contribution in [3.8, 4) is 17.2 Å². The molecule has 0 bridgehead atoms. The molecule has 176 valence electrons. The molecule has 1 saturated heterocycles. The molecule has 3 heterocycles. The van der Waals surface area contributed by atoms with E-state index in [1.54, 1.807) is 68.6 Å². The molecular formula is C23H20F3N5O3. The Morgan fingerprint density at radius 1 is 1.03 bits per heavy atom. The SMILES string of the molecule is COc1ccc(-c2nnc(C3=C(C)NC4C(c5ccccc5)C(C(F)(F)F)NN4C3=O)o2)cc1. The predicted molar refractivity (Wildman–Crippen MR) is 115 cm³/mol. The van der Waals surface area contributed by atoms with Crippen molar-refractivity contribution in [2.45, 2.75) is 31.2 Å². The highest BCUT2D eigenvalue weighted by atomic mass is 19.4. The van der Waals surface area contributed by atoms with Gasteiger partial charge in [0.1, 0.15) is 23.5 Å². The van der Waals surface area contributed by atoms with Crippen LogP contribution in [0.5, 0.6) is 5.75 Å². The summed E-state index contributed by atoms with van der Waals surface area (Å²) < 4.78 is 52.6. The quantitative estimate of drug-likeness (QED) is 0.602. The van der Waals surface area contributed by atoms with Crippen molar-refractivity contribution in [3.05, 3.63) is 71.7 Å². The van der Waals surface area contributed by atoms with Crippen molar-refractivity contribution >= 4 is 11.5 Å². The second-order valence-corrected chi connectivity index (χ2v) is 7.99. The van der Waals surface area contributed by atoms with E-state index in [-0.39, 0.29) is 17.4 Å². The lowest BCUT2D eigenvalue weighted by atomic mass is 9.89. The highest BCUT2D eigenvalue weighted by Crippen LogP contribution is 2.42. The van der Waals surface area contributed by atoms with Crippen molar-refractivity contribution in [2.75, 3.05) is 7.11 Å². The molecule has 8 nitrogen and oxygen atoms in total. The standard InChI is InChI=1S/C23H20F3N5O3/c1-12-16(21-29-28-20(34-21)14-8-10-15(33-2)11-9-14)22(32)31-19(27-12)17(13-6-4-3-5-7-13)18(30-31)23(24,25)26/h3-11,17-19,27,30H,1-2H3. The van der Waals surface area contributed by atoms with Gasteiger partial charge in [-0.2, -0.15) is 13.2 Å². The zero-order chi connectivity index (χ0) is 24.0. The van der Waals surface area contributed by atoms with Crippen LogP contribution in [0.15, 0.2) is 64.7 Å². The molecule has 3 atom stereocenters. The van der Waals surface area contributed by atoms with Crippen molar-refractivity contribution < 1.29 is 27.1 Å². The fourth-order valence-electron chi connectivity index (χ4n) is 4.32. The summed E-state index contributed by atoms with van der Waals surface area (Å²) in [4.78, 5) is 13.4. The van der Waals surface area contributed by atoms with Crippen LogP contribution in [0.3, 0.4) is 0 Å². The average Bonchev–Trinajstić information content (AvgIpc) is 3.45. The molecule has 3 unspecified atom stereocenters. The molecule has 2 aliphatic rings. The molecule has 0 saturated carbocycles. The summed E-state index contributed by atoms with van der Waals surface area (Å²) in [6.45, 7) is 1.60. The molecule has 3 aromatic rings. The van der Waals surface area contributed by atoms with Crippen LogP contribution in [0.4, 0.5) is 13.2 Å². The Morgan fingerprint density at radius 2 is 1.71 bits per heavy atom. The van der Waals surface area contributed by atoms with Gasteiger partial charge in [0.25, 0.3) is 11.8 Å². The number of nitrogens with zero attached hydrogens (tertiary/aromatic N) is 3. The van der Waals surface area contributed by atoms with Gasteiger partial charge in [-0.15, -0.1) is 10.2 Å². The Bertz CT molecular complexity index is 1240. The lowest BCUT2D eigenvalue weighted by molar-refractivity contribution is -0.161. The number of amides is 1. The molecule has 1 amide bonds. The van der Waals surface area contributed by atoms with Gasteiger partial charge >= 0.3 is 6.18 Å². The summed E-state index contributed by atoms with van der Waals surface area (Å²) in [6.07, 6.45) is -5.53. The van der Waals surface area contributed by atoms with Gasteiger partial charge in [-0.3, -0.25) is 4.79 Å². The normalized spacial score (nSPS) is 22.6. The van der Waals surface area contributed by atoms with Crippen molar-refractivity contribution in [1.82, 2.24) is 25.9 Å². The second-order valence-electron chi connectivity index (χ2n) is 7.99. The summed E-state index contributed by atoms with van der Waals surface area (Å²) in [7, 11) is 1.54. The number of fused-ring (bicyclic) bond motifs is 1. The predicted octanol–water partition coefficient (Wildman–Crippen LogP) is 3.47. The van der Waals surface area contributed by atoms with E-state index in [0.717, 1.165) is 5.01 Å². The number of methoxy groups -OCH3 is 1. The molecular weight excluding hydrogens is 451 g/mol. The highest BCUT2D eigenvalue weighted by molar-refractivity contribution is 6.19. The Hall–Kier alpha value is -3.86. The van der Waals surface area contributed by atoms with Crippen LogP contribution in [-0.4, -0.2) is 46.6 Å². The van der Waals surface area contributed by atoms with E-state index in [1.807, 2.05) is 0 Å². The van der Waals surface area contributed by atoms with Crippen LogP contribution in [-0.2, 0) is 4.79 Å². The summed E-state index contributed by atoms with van der Waals surface area (Å²) in [5.74, 6) is -1.02. The Kier molecular flexibility index (Phi) is 5.28. The van der Waals surface area contributed by atoms with Gasteiger partial charge in [-0.25, -0.2) is 10.4 Å². The largest absolute Gasteiger partial charge is 0.497 e. The van der Waals surface area contributed by atoms with E-state index in [2.05, 4.69) is 20.9 Å². The first-order valence-corrected chi connectivity index (χ1v) is 10.4. The maximum atomic E-state index is 13.9. The zero-order valence-electron chi connectivity index (χ0n) is 18.1. The lowest BCUT2D eigenvalue weighted by Crippen LogP contribution is -2.54. The van der Waals surface area contributed by atoms with E-state index in [0.29, 0.717) is 22.6 Å². The van der Waals surface area contributed by atoms with Crippen LogP contribution >= 0.6 is 0 Å². The number of carbonyl (C=O) groups excluding carboxylic acids is 1. The number of hydrazine groups is 1. The molecule has 2 aliphatic heterocycles. The van der Waals surface area contributed by atoms with Gasteiger partial charge < -0.3 is 14.5 Å². The molecule has 34 heavy (non-hydrogen) atoms. The third-order valence-corrected chi connectivity index (χ3v) is 5.94. The van der Waals surface area contributed by atoms with Gasteiger partial charge in [0, 0.05) is 11.3 Å². The van der Waals surface area contributed by atoms with Crippen LogP contribution < -0.4 is 15.5 Å². The minimum absolute atomic E-state index is 0.00523. The number of rotatable bonds is 4. The Balaban J connectivity index is 1.49. The van der Waals surface area contributed by atoms with Gasteiger partial charge in [0.2, 0.25) is 5.89 Å². The smallest absolute Gasteiger partial charge is 0.406 e. The Morgan fingerprint density at radius 3 is 2.35 bits per heavy atom. The number of ether oxygens (including phenoxy) is 1. The van der Waals surface area contributed by atoms with Crippen LogP contribution in [0.1, 0.15) is 24.3 Å². The molecule has 2 aromatic carbocycles. The lowest BCUT2D eigenvalue weighted by Gasteiger charge is -2.34. The fourth-order valence-corrected chi connectivity index (χ4v) is 4.32. The van der Waals surface area contributed by atoms with Crippen molar-refractivity contribution in [1.29, 1.82) is 0 Å². The fraction of sp³-hybridized carbons (Fsp3) is 0.261. The number of halogens is 3. The maximum Gasteiger partial charge on any atom is 0.406 e. The van der Waals surface area contributed by atoms with E-state index in [9.17, 15) is 18.0 Å². The van der Waals surface area contributed by atoms with E-state index < -0.39 is 30.2 Å². The van der Waals surface area contributed by atoms with Crippen LogP contribution in [0, 0.1) is 0 Å². The van der Waals surface area contributed by atoms with Gasteiger partial charge in [-0.1, -0.05) is 30.3 Å². The molecule has 0 radical (unpaired) electrons. The van der Waals surface area contributed by atoms with E-state index >= 15 is 0 Å². The maximum absolute atomic E-state index is 13.9. The molecule has 5 rings (SSSR count). The first kappa shape index (κ1) is 22.0. The van der Waals surface area contributed by atoms with Crippen molar-refractivity contribution in [3.63, 3.8) is 0 Å². The summed E-state index contributed by atoms with van der Waals surface area (Å²) >= 11 is 0. The average molecular weight is 471 g/mol. The number of hydrogen-bond acceptors (Lipinski definition) is 7. The molecule has 11 heteroatoms. The number of carbonyl (C=O) groups is 1. The molecule has 0 spiro atoms. The summed E-state index contributed by atoms with van der Waals surface area (Å²) in [5.41, 5.74) is 3.78. The number of nitrogens with one attached hydrogen (secondary N) is 2. The van der Waals surface area contributed by atoms with Crippen LogP contribution in [0.25, 0.3) is 17.0 Å². The number of allylic oxidation sites excluding steroid dienone is 1. The van der Waals surface area contributed by atoms with Crippen LogP contribution in [0.2, 0.25) is 0 Å².